The fourth-order valence-corrected chi connectivity index (χ4v) is 4.57. The van der Waals surface area contributed by atoms with Gasteiger partial charge in [0.25, 0.3) is 11.5 Å². The van der Waals surface area contributed by atoms with Gasteiger partial charge in [-0.05, 0) is 55.3 Å². The van der Waals surface area contributed by atoms with Crippen LogP contribution in [-0.4, -0.2) is 21.4 Å². The molecule has 0 aliphatic heterocycles. The minimum atomic E-state index is -0.357. The van der Waals surface area contributed by atoms with Crippen LogP contribution in [0.5, 0.6) is 0 Å². The van der Waals surface area contributed by atoms with Gasteiger partial charge in [-0.25, -0.2) is 4.98 Å². The Balaban J connectivity index is 1.58. The largest absolute Gasteiger partial charge is 0.325 e. The third-order valence-electron chi connectivity index (χ3n) is 4.96. The number of rotatable bonds is 5. The summed E-state index contributed by atoms with van der Waals surface area (Å²) in [7, 11) is 0. The van der Waals surface area contributed by atoms with Crippen LogP contribution in [0.3, 0.4) is 0 Å². The summed E-state index contributed by atoms with van der Waals surface area (Å²) in [5.74, 6) is -0.639. The first-order chi connectivity index (χ1) is 15.3. The summed E-state index contributed by atoms with van der Waals surface area (Å²) in [6.45, 7) is 3.45. The van der Waals surface area contributed by atoms with Crippen molar-refractivity contribution >= 4 is 60.7 Å². The SMILES string of the molecule is Cc1ccccc1NC(=O)c1sc2ncn(CC(=O)Nc3ccc(Br)cc3)c(=O)c2c1C. The van der Waals surface area contributed by atoms with Gasteiger partial charge >= 0.3 is 0 Å². The minimum absolute atomic E-state index is 0.183. The highest BCUT2D eigenvalue weighted by atomic mass is 79.9. The van der Waals surface area contributed by atoms with Crippen LogP contribution in [0.1, 0.15) is 20.8 Å². The number of hydrogen-bond donors (Lipinski definition) is 2. The zero-order valence-electron chi connectivity index (χ0n) is 17.3. The summed E-state index contributed by atoms with van der Waals surface area (Å²) in [5, 5.41) is 6.00. The Morgan fingerprint density at radius 2 is 1.78 bits per heavy atom. The maximum Gasteiger partial charge on any atom is 0.266 e. The molecule has 2 amide bonds. The van der Waals surface area contributed by atoms with E-state index in [0.29, 0.717) is 32.0 Å². The number of nitrogens with zero attached hydrogens (tertiary/aromatic N) is 2. The number of hydrogen-bond acceptors (Lipinski definition) is 5. The molecule has 4 rings (SSSR count). The van der Waals surface area contributed by atoms with Crippen molar-refractivity contribution in [3.63, 3.8) is 0 Å². The van der Waals surface area contributed by atoms with E-state index in [9.17, 15) is 14.4 Å². The fraction of sp³-hybridized carbons (Fsp3) is 0.130. The number of carbonyl (C=O) groups is 2. The van der Waals surface area contributed by atoms with Crippen molar-refractivity contribution in [2.45, 2.75) is 20.4 Å². The molecular weight excluding hydrogens is 492 g/mol. The molecule has 0 fully saturated rings. The van der Waals surface area contributed by atoms with Crippen LogP contribution >= 0.6 is 27.3 Å². The molecule has 0 radical (unpaired) electrons. The van der Waals surface area contributed by atoms with Gasteiger partial charge in [-0.1, -0.05) is 34.1 Å². The second kappa shape index (κ2) is 9.05. The predicted octanol–water partition coefficient (Wildman–Crippen LogP) is 4.73. The average molecular weight is 511 g/mol. The number of aromatic nitrogens is 2. The lowest BCUT2D eigenvalue weighted by Gasteiger charge is -2.08. The molecule has 0 saturated carbocycles. The van der Waals surface area contributed by atoms with Crippen molar-refractivity contribution in [1.82, 2.24) is 9.55 Å². The molecule has 2 aromatic heterocycles. The van der Waals surface area contributed by atoms with E-state index < -0.39 is 0 Å². The van der Waals surface area contributed by atoms with Gasteiger partial charge in [0.15, 0.2) is 0 Å². The molecule has 0 bridgehead atoms. The van der Waals surface area contributed by atoms with Crippen LogP contribution in [0, 0.1) is 13.8 Å². The Morgan fingerprint density at radius 1 is 1.06 bits per heavy atom. The van der Waals surface area contributed by atoms with Gasteiger partial charge in [0.05, 0.1) is 16.6 Å². The predicted molar refractivity (Wildman–Crippen MR) is 131 cm³/mol. The van der Waals surface area contributed by atoms with Crippen LogP contribution in [-0.2, 0) is 11.3 Å². The van der Waals surface area contributed by atoms with Crippen molar-refractivity contribution < 1.29 is 9.59 Å². The standard InChI is InChI=1S/C23H19BrN4O3S/c1-13-5-3-4-6-17(13)27-21(30)20-14(2)19-22(32-20)25-12-28(23(19)31)11-18(29)26-16-9-7-15(24)8-10-16/h3-10,12H,11H2,1-2H3,(H,26,29)(H,27,30). The normalized spacial score (nSPS) is 10.8. The average Bonchev–Trinajstić information content (AvgIpc) is 3.11. The van der Waals surface area contributed by atoms with E-state index in [0.717, 1.165) is 21.4 Å². The van der Waals surface area contributed by atoms with Crippen molar-refractivity contribution in [2.24, 2.45) is 0 Å². The maximum atomic E-state index is 13.0. The number of amides is 2. The number of para-hydroxylation sites is 1. The Bertz CT molecular complexity index is 1390. The summed E-state index contributed by atoms with van der Waals surface area (Å²) >= 11 is 4.51. The highest BCUT2D eigenvalue weighted by Crippen LogP contribution is 2.28. The second-order valence-electron chi connectivity index (χ2n) is 7.24. The highest BCUT2D eigenvalue weighted by Gasteiger charge is 2.20. The molecule has 0 unspecified atom stereocenters. The molecule has 0 aliphatic rings. The Labute approximate surface area is 196 Å². The molecule has 0 spiro atoms. The van der Waals surface area contributed by atoms with Gasteiger partial charge in [-0.15, -0.1) is 11.3 Å². The molecule has 0 atom stereocenters. The molecule has 4 aromatic rings. The molecule has 0 saturated heterocycles. The van der Waals surface area contributed by atoms with Crippen LogP contribution in [0.25, 0.3) is 10.2 Å². The van der Waals surface area contributed by atoms with E-state index >= 15 is 0 Å². The van der Waals surface area contributed by atoms with Gasteiger partial charge in [0.1, 0.15) is 11.4 Å². The quantitative estimate of drug-likeness (QED) is 0.405. The van der Waals surface area contributed by atoms with E-state index in [1.54, 1.807) is 19.1 Å². The molecule has 2 N–H and O–H groups in total. The smallest absolute Gasteiger partial charge is 0.266 e. The number of halogens is 1. The van der Waals surface area contributed by atoms with Crippen molar-refractivity contribution in [3.05, 3.63) is 85.7 Å². The number of anilines is 2. The molecule has 2 aromatic carbocycles. The monoisotopic (exact) mass is 510 g/mol. The molecule has 9 heteroatoms. The van der Waals surface area contributed by atoms with Crippen LogP contribution in [0.4, 0.5) is 11.4 Å². The minimum Gasteiger partial charge on any atom is -0.325 e. The third-order valence-corrected chi connectivity index (χ3v) is 6.69. The zero-order chi connectivity index (χ0) is 22.8. The lowest BCUT2D eigenvalue weighted by atomic mass is 10.2. The van der Waals surface area contributed by atoms with E-state index in [4.69, 9.17) is 0 Å². The van der Waals surface area contributed by atoms with E-state index in [-0.39, 0.29) is 23.9 Å². The van der Waals surface area contributed by atoms with Gasteiger partial charge in [-0.3, -0.25) is 19.0 Å². The zero-order valence-corrected chi connectivity index (χ0v) is 19.7. The van der Waals surface area contributed by atoms with Crippen molar-refractivity contribution in [3.8, 4) is 0 Å². The third kappa shape index (κ3) is 4.49. The summed E-state index contributed by atoms with van der Waals surface area (Å²) in [4.78, 5) is 43.5. The topological polar surface area (TPSA) is 93.1 Å². The van der Waals surface area contributed by atoms with Crippen molar-refractivity contribution in [2.75, 3.05) is 10.6 Å². The van der Waals surface area contributed by atoms with Gasteiger partial charge in [0, 0.05) is 15.8 Å². The molecule has 0 aliphatic carbocycles. The summed E-state index contributed by atoms with van der Waals surface area (Å²) < 4.78 is 2.15. The molecule has 2 heterocycles. The van der Waals surface area contributed by atoms with Gasteiger partial charge in [0.2, 0.25) is 5.91 Å². The number of nitrogens with one attached hydrogen (secondary N) is 2. The van der Waals surface area contributed by atoms with E-state index in [1.807, 2.05) is 43.3 Å². The number of fused-ring (bicyclic) bond motifs is 1. The summed E-state index contributed by atoms with van der Waals surface area (Å²) in [6, 6.07) is 14.6. The van der Waals surface area contributed by atoms with Crippen molar-refractivity contribution in [1.29, 1.82) is 0 Å². The molecule has 7 nitrogen and oxygen atoms in total. The van der Waals surface area contributed by atoms with Gasteiger partial charge < -0.3 is 10.6 Å². The molecular formula is C23H19BrN4O3S. The summed E-state index contributed by atoms with van der Waals surface area (Å²) in [6.07, 6.45) is 1.34. The first kappa shape index (κ1) is 21.9. The highest BCUT2D eigenvalue weighted by molar-refractivity contribution is 9.10. The maximum absolute atomic E-state index is 13.0. The second-order valence-corrected chi connectivity index (χ2v) is 9.15. The summed E-state index contributed by atoms with van der Waals surface area (Å²) in [5.41, 5.74) is 2.48. The van der Waals surface area contributed by atoms with Gasteiger partial charge in [-0.2, -0.15) is 0 Å². The molecule has 32 heavy (non-hydrogen) atoms. The Hall–Kier alpha value is -3.30. The lowest BCUT2D eigenvalue weighted by Crippen LogP contribution is -2.27. The van der Waals surface area contributed by atoms with E-state index in [2.05, 4.69) is 31.5 Å². The first-order valence-electron chi connectivity index (χ1n) is 9.74. The number of thiophene rings is 1. The number of benzene rings is 2. The van der Waals surface area contributed by atoms with Crippen LogP contribution in [0.15, 0.2) is 64.1 Å². The number of aryl methyl sites for hydroxylation is 2. The molecule has 162 valence electrons. The van der Waals surface area contributed by atoms with E-state index in [1.165, 1.54) is 10.9 Å². The van der Waals surface area contributed by atoms with Crippen LogP contribution < -0.4 is 16.2 Å². The Kier molecular flexibility index (Phi) is 6.20. The number of carbonyl (C=O) groups excluding carboxylic acids is 2. The fourth-order valence-electron chi connectivity index (χ4n) is 3.27. The Morgan fingerprint density at radius 3 is 2.50 bits per heavy atom. The van der Waals surface area contributed by atoms with Crippen LogP contribution in [0.2, 0.25) is 0 Å². The first-order valence-corrected chi connectivity index (χ1v) is 11.4. The lowest BCUT2D eigenvalue weighted by molar-refractivity contribution is -0.116.